The minimum atomic E-state index is -3.94. The number of carbonyl (C=O) groups is 2. The van der Waals surface area contributed by atoms with Gasteiger partial charge in [-0.25, -0.2) is 13.2 Å². The molecule has 0 N–H and O–H groups in total. The molecule has 0 amide bonds. The molecular formula is C25H22ClNO6S. The van der Waals surface area contributed by atoms with Gasteiger partial charge in [0.1, 0.15) is 5.75 Å². The summed E-state index contributed by atoms with van der Waals surface area (Å²) in [5.74, 6) is -0.827. The van der Waals surface area contributed by atoms with Crippen molar-refractivity contribution in [3.8, 4) is 5.75 Å². The van der Waals surface area contributed by atoms with Crippen LogP contribution in [0.25, 0.3) is 0 Å². The first kappa shape index (κ1) is 23.8. The average Bonchev–Trinajstić information content (AvgIpc) is 2.86. The first-order valence-corrected chi connectivity index (χ1v) is 12.4. The van der Waals surface area contributed by atoms with Gasteiger partial charge in [0.15, 0.2) is 12.4 Å². The van der Waals surface area contributed by atoms with Crippen LogP contribution in [0.2, 0.25) is 5.02 Å². The minimum absolute atomic E-state index is 0.0248. The summed E-state index contributed by atoms with van der Waals surface area (Å²) in [5, 5.41) is 0.0248. The van der Waals surface area contributed by atoms with Gasteiger partial charge < -0.3 is 9.47 Å². The zero-order chi connectivity index (χ0) is 24.3. The van der Waals surface area contributed by atoms with Crippen LogP contribution in [0.4, 0.5) is 5.69 Å². The molecule has 0 saturated carbocycles. The van der Waals surface area contributed by atoms with Crippen molar-refractivity contribution in [1.29, 1.82) is 0 Å². The number of methoxy groups -OCH3 is 1. The number of aryl methyl sites for hydroxylation is 1. The number of hydrogen-bond acceptors (Lipinski definition) is 6. The van der Waals surface area contributed by atoms with E-state index >= 15 is 0 Å². The van der Waals surface area contributed by atoms with E-state index in [2.05, 4.69) is 0 Å². The highest BCUT2D eigenvalue weighted by molar-refractivity contribution is 7.92. The van der Waals surface area contributed by atoms with Gasteiger partial charge in [0, 0.05) is 12.1 Å². The van der Waals surface area contributed by atoms with Gasteiger partial charge in [0.25, 0.3) is 10.0 Å². The molecule has 0 spiro atoms. The summed E-state index contributed by atoms with van der Waals surface area (Å²) < 4.78 is 38.4. The van der Waals surface area contributed by atoms with E-state index in [0.29, 0.717) is 30.0 Å². The number of nitrogens with zero attached hydrogens (tertiary/aromatic N) is 1. The summed E-state index contributed by atoms with van der Waals surface area (Å²) in [6.45, 7) is -0.199. The van der Waals surface area contributed by atoms with E-state index in [1.165, 1.54) is 35.7 Å². The topological polar surface area (TPSA) is 90.0 Å². The van der Waals surface area contributed by atoms with Gasteiger partial charge in [-0.1, -0.05) is 41.9 Å². The molecule has 0 aliphatic carbocycles. The van der Waals surface area contributed by atoms with Crippen molar-refractivity contribution in [2.45, 2.75) is 17.7 Å². The van der Waals surface area contributed by atoms with Gasteiger partial charge in [-0.2, -0.15) is 0 Å². The summed E-state index contributed by atoms with van der Waals surface area (Å²) in [6, 6.07) is 17.7. The van der Waals surface area contributed by atoms with Crippen molar-refractivity contribution in [3.05, 3.63) is 88.4 Å². The van der Waals surface area contributed by atoms with Crippen LogP contribution in [0.3, 0.4) is 0 Å². The summed E-state index contributed by atoms with van der Waals surface area (Å²) in [4.78, 5) is 25.0. The summed E-state index contributed by atoms with van der Waals surface area (Å²) >= 11 is 6.17. The van der Waals surface area contributed by atoms with Crippen molar-refractivity contribution in [2.75, 3.05) is 24.6 Å². The maximum atomic E-state index is 13.4. The van der Waals surface area contributed by atoms with E-state index in [9.17, 15) is 18.0 Å². The van der Waals surface area contributed by atoms with Crippen LogP contribution in [-0.2, 0) is 21.2 Å². The number of rotatable bonds is 7. The average molecular weight is 500 g/mol. The Bertz CT molecular complexity index is 1360. The first-order valence-electron chi connectivity index (χ1n) is 10.6. The van der Waals surface area contributed by atoms with E-state index < -0.39 is 28.4 Å². The van der Waals surface area contributed by atoms with Crippen molar-refractivity contribution < 1.29 is 27.5 Å². The Morgan fingerprint density at radius 2 is 1.82 bits per heavy atom. The molecule has 0 saturated heterocycles. The molecule has 0 aromatic heterocycles. The van der Waals surface area contributed by atoms with Crippen molar-refractivity contribution in [3.63, 3.8) is 0 Å². The fourth-order valence-electron chi connectivity index (χ4n) is 3.79. The number of ether oxygens (including phenoxy) is 2. The van der Waals surface area contributed by atoms with Gasteiger partial charge >= 0.3 is 5.97 Å². The SMILES string of the molecule is COc1cccc(C(=O)COC(=O)c2cc(S(=O)(=O)N3CCCc4ccccc43)ccc2Cl)c1. The van der Waals surface area contributed by atoms with Crippen LogP contribution in [0.1, 0.15) is 32.7 Å². The maximum Gasteiger partial charge on any atom is 0.340 e. The third-order valence-electron chi connectivity index (χ3n) is 5.54. The Morgan fingerprint density at radius 3 is 2.62 bits per heavy atom. The normalized spacial score (nSPS) is 13.2. The lowest BCUT2D eigenvalue weighted by molar-refractivity contribution is 0.0474. The highest BCUT2D eigenvalue weighted by Gasteiger charge is 2.30. The Hall–Kier alpha value is -3.36. The van der Waals surface area contributed by atoms with Crippen LogP contribution < -0.4 is 9.04 Å². The van der Waals surface area contributed by atoms with Gasteiger partial charge in [0.2, 0.25) is 0 Å². The van der Waals surface area contributed by atoms with Gasteiger partial charge in [-0.05, 0) is 54.8 Å². The van der Waals surface area contributed by atoms with E-state index in [1.807, 2.05) is 12.1 Å². The maximum absolute atomic E-state index is 13.4. The lowest BCUT2D eigenvalue weighted by Gasteiger charge is -2.30. The Labute approximate surface area is 202 Å². The highest BCUT2D eigenvalue weighted by atomic mass is 35.5. The number of ketones is 1. The molecule has 3 aromatic rings. The number of anilines is 1. The number of carbonyl (C=O) groups excluding carboxylic acids is 2. The van der Waals surface area contributed by atoms with Crippen LogP contribution in [0.15, 0.2) is 71.6 Å². The molecule has 0 bridgehead atoms. The molecule has 0 atom stereocenters. The second-order valence-corrected chi connectivity index (χ2v) is 9.95. The summed E-state index contributed by atoms with van der Waals surface area (Å²) in [5.41, 5.74) is 1.75. The Morgan fingerprint density at radius 1 is 1.03 bits per heavy atom. The van der Waals surface area contributed by atoms with Crippen LogP contribution in [0.5, 0.6) is 5.75 Å². The van der Waals surface area contributed by atoms with Crippen molar-refractivity contribution >= 4 is 39.1 Å². The summed E-state index contributed by atoms with van der Waals surface area (Å²) in [7, 11) is -2.46. The Kier molecular flexibility index (Phi) is 6.90. The Balaban J connectivity index is 1.55. The molecular weight excluding hydrogens is 478 g/mol. The monoisotopic (exact) mass is 499 g/mol. The molecule has 4 rings (SSSR count). The molecule has 7 nitrogen and oxygen atoms in total. The number of para-hydroxylation sites is 1. The standard InChI is InChI=1S/C25H22ClNO6S/c1-32-19-9-4-7-18(14-19)24(28)16-33-25(29)21-15-20(11-12-22(21)26)34(30,31)27-13-5-8-17-6-2-3-10-23(17)27/h2-4,6-7,9-12,14-15H,5,8,13,16H2,1H3. The number of halogens is 1. The molecule has 1 heterocycles. The number of Topliss-reactive ketones (excluding diaryl/α,β-unsaturated/α-hetero) is 1. The largest absolute Gasteiger partial charge is 0.497 e. The zero-order valence-electron chi connectivity index (χ0n) is 18.4. The number of esters is 1. The smallest absolute Gasteiger partial charge is 0.340 e. The van der Waals surface area contributed by atoms with Gasteiger partial charge in [0.05, 0.1) is 28.3 Å². The fraction of sp³-hybridized carbons (Fsp3) is 0.200. The fourth-order valence-corrected chi connectivity index (χ4v) is 5.55. The molecule has 9 heteroatoms. The molecule has 3 aromatic carbocycles. The van der Waals surface area contributed by atoms with E-state index in [0.717, 1.165) is 12.0 Å². The van der Waals surface area contributed by atoms with E-state index in [4.69, 9.17) is 21.1 Å². The van der Waals surface area contributed by atoms with Crippen molar-refractivity contribution in [1.82, 2.24) is 0 Å². The number of hydrogen-bond donors (Lipinski definition) is 0. The predicted octanol–water partition coefficient (Wildman–Crippen LogP) is 4.53. The molecule has 0 radical (unpaired) electrons. The molecule has 176 valence electrons. The van der Waals surface area contributed by atoms with Crippen LogP contribution in [-0.4, -0.2) is 40.4 Å². The molecule has 0 fully saturated rings. The number of fused-ring (bicyclic) bond motifs is 1. The van der Waals surface area contributed by atoms with Gasteiger partial charge in [-0.3, -0.25) is 9.10 Å². The second kappa shape index (κ2) is 9.87. The number of sulfonamides is 1. The third-order valence-corrected chi connectivity index (χ3v) is 7.68. The molecule has 34 heavy (non-hydrogen) atoms. The van der Waals surface area contributed by atoms with Gasteiger partial charge in [-0.15, -0.1) is 0 Å². The van der Waals surface area contributed by atoms with Crippen LogP contribution >= 0.6 is 11.6 Å². The number of benzene rings is 3. The van der Waals surface area contributed by atoms with E-state index in [1.54, 1.807) is 30.3 Å². The first-order chi connectivity index (χ1) is 16.3. The second-order valence-electron chi connectivity index (χ2n) is 7.68. The minimum Gasteiger partial charge on any atom is -0.497 e. The van der Waals surface area contributed by atoms with Crippen molar-refractivity contribution in [2.24, 2.45) is 0 Å². The molecule has 1 aliphatic heterocycles. The predicted molar refractivity (Wildman–Crippen MR) is 128 cm³/mol. The zero-order valence-corrected chi connectivity index (χ0v) is 19.9. The van der Waals surface area contributed by atoms with Crippen LogP contribution in [0, 0.1) is 0 Å². The summed E-state index contributed by atoms with van der Waals surface area (Å²) in [6.07, 6.45) is 1.48. The lowest BCUT2D eigenvalue weighted by atomic mass is 10.0. The lowest BCUT2D eigenvalue weighted by Crippen LogP contribution is -2.35. The molecule has 0 unspecified atom stereocenters. The highest BCUT2D eigenvalue weighted by Crippen LogP contribution is 2.33. The molecule has 1 aliphatic rings. The van der Waals surface area contributed by atoms with E-state index in [-0.39, 0.29) is 15.5 Å². The third kappa shape index (κ3) is 4.78. The quantitative estimate of drug-likeness (QED) is 0.350.